The highest BCUT2D eigenvalue weighted by molar-refractivity contribution is 5.79. The molecule has 0 heterocycles. The number of Topliss-reactive ketones (excluding diaryl/α,β-unsaturated/α-hetero) is 1. The summed E-state index contributed by atoms with van der Waals surface area (Å²) in [5.41, 5.74) is -3.49. The summed E-state index contributed by atoms with van der Waals surface area (Å²) in [4.78, 5) is 11.9. The third-order valence-electron chi connectivity index (χ3n) is 9.12. The van der Waals surface area contributed by atoms with Crippen molar-refractivity contribution in [2.45, 2.75) is 89.5 Å². The third kappa shape index (κ3) is 1.77. The number of hydrogen-bond donors (Lipinski definition) is 2. The number of alkyl halides is 1. The van der Waals surface area contributed by atoms with Crippen LogP contribution in [-0.2, 0) is 4.79 Å². The van der Waals surface area contributed by atoms with Crippen LogP contribution in [0.5, 0.6) is 0 Å². The van der Waals surface area contributed by atoms with Gasteiger partial charge in [-0.2, -0.15) is 0 Å². The molecular weight excluding hydrogens is 307 g/mol. The fraction of sp³-hybridized carbons (Fsp3) is 0.950. The molecular formula is C20H31FO3. The lowest BCUT2D eigenvalue weighted by atomic mass is 9.42. The van der Waals surface area contributed by atoms with Crippen molar-refractivity contribution in [2.75, 3.05) is 0 Å². The normalized spacial score (nSPS) is 60.3. The molecule has 4 aliphatic carbocycles. The minimum atomic E-state index is -1.62. The number of hydrogen-bond acceptors (Lipinski definition) is 3. The molecule has 2 N–H and O–H groups in total. The Hall–Kier alpha value is -0.480. The van der Waals surface area contributed by atoms with Crippen LogP contribution in [0, 0.1) is 28.6 Å². The molecule has 136 valence electrons. The number of aliphatic hydroxyl groups is 2. The average Bonchev–Trinajstić information content (AvgIpc) is 2.72. The molecule has 4 rings (SSSR count). The highest BCUT2D eigenvalue weighted by atomic mass is 19.1. The topological polar surface area (TPSA) is 57.5 Å². The van der Waals surface area contributed by atoms with Crippen molar-refractivity contribution in [3.05, 3.63) is 0 Å². The fourth-order valence-corrected chi connectivity index (χ4v) is 7.27. The van der Waals surface area contributed by atoms with E-state index in [0.717, 1.165) is 19.3 Å². The van der Waals surface area contributed by atoms with E-state index in [-0.39, 0.29) is 23.5 Å². The first-order valence-electron chi connectivity index (χ1n) is 9.67. The van der Waals surface area contributed by atoms with E-state index in [1.165, 1.54) is 0 Å². The summed E-state index contributed by atoms with van der Waals surface area (Å²) in [5.74, 6) is 0.227. The SMILES string of the molecule is C[C@]1(O)CC[C@@H]2[C@H]3CC[C@H]4CC(=O)CC[C@]4(C)[C@@]3(F)[C@H](O)C[C@@]21C. The van der Waals surface area contributed by atoms with Crippen LogP contribution in [-0.4, -0.2) is 33.4 Å². The van der Waals surface area contributed by atoms with E-state index in [0.29, 0.717) is 32.1 Å². The fourth-order valence-electron chi connectivity index (χ4n) is 7.27. The van der Waals surface area contributed by atoms with E-state index in [1.54, 1.807) is 0 Å². The van der Waals surface area contributed by atoms with E-state index < -0.39 is 28.2 Å². The first-order chi connectivity index (χ1) is 11.1. The van der Waals surface area contributed by atoms with Crippen LogP contribution in [0.15, 0.2) is 0 Å². The predicted molar refractivity (Wildman–Crippen MR) is 89.1 cm³/mol. The van der Waals surface area contributed by atoms with Gasteiger partial charge in [0.1, 0.15) is 11.5 Å². The van der Waals surface area contributed by atoms with Gasteiger partial charge < -0.3 is 10.2 Å². The highest BCUT2D eigenvalue weighted by Crippen LogP contribution is 2.70. The van der Waals surface area contributed by atoms with Crippen molar-refractivity contribution in [1.29, 1.82) is 0 Å². The van der Waals surface area contributed by atoms with Gasteiger partial charge >= 0.3 is 0 Å². The van der Waals surface area contributed by atoms with Crippen molar-refractivity contribution >= 4 is 5.78 Å². The maximum atomic E-state index is 16.7. The Morgan fingerprint density at radius 2 is 1.75 bits per heavy atom. The molecule has 0 amide bonds. The molecule has 3 nitrogen and oxygen atoms in total. The molecule has 24 heavy (non-hydrogen) atoms. The van der Waals surface area contributed by atoms with Crippen LogP contribution in [0.2, 0.25) is 0 Å². The largest absolute Gasteiger partial charge is 0.390 e. The van der Waals surface area contributed by atoms with Crippen molar-refractivity contribution in [2.24, 2.45) is 28.6 Å². The second kappa shape index (κ2) is 4.82. The first-order valence-corrected chi connectivity index (χ1v) is 9.67. The molecule has 0 spiro atoms. The summed E-state index contributed by atoms with van der Waals surface area (Å²) in [7, 11) is 0. The number of halogens is 1. The Morgan fingerprint density at radius 1 is 1.04 bits per heavy atom. The Morgan fingerprint density at radius 3 is 2.46 bits per heavy atom. The molecule has 0 bridgehead atoms. The van der Waals surface area contributed by atoms with Crippen LogP contribution in [0.4, 0.5) is 4.39 Å². The summed E-state index contributed by atoms with van der Waals surface area (Å²) >= 11 is 0. The Bertz CT molecular complexity index is 575. The summed E-state index contributed by atoms with van der Waals surface area (Å²) in [5, 5.41) is 21.9. The van der Waals surface area contributed by atoms with Crippen molar-refractivity contribution in [3.8, 4) is 0 Å². The van der Waals surface area contributed by atoms with Crippen LogP contribution < -0.4 is 0 Å². The number of ketones is 1. The average molecular weight is 338 g/mol. The molecule has 0 unspecified atom stereocenters. The van der Waals surface area contributed by atoms with Crippen LogP contribution >= 0.6 is 0 Å². The molecule has 4 heteroatoms. The molecule has 0 aromatic rings. The molecule has 0 radical (unpaired) electrons. The van der Waals surface area contributed by atoms with Crippen LogP contribution in [0.3, 0.4) is 0 Å². The van der Waals surface area contributed by atoms with E-state index >= 15 is 4.39 Å². The summed E-state index contributed by atoms with van der Waals surface area (Å²) < 4.78 is 16.7. The van der Waals surface area contributed by atoms with E-state index in [2.05, 4.69) is 0 Å². The molecule has 4 fully saturated rings. The van der Waals surface area contributed by atoms with E-state index in [9.17, 15) is 15.0 Å². The van der Waals surface area contributed by atoms with Crippen LogP contribution in [0.25, 0.3) is 0 Å². The second-order valence-electron chi connectivity index (χ2n) is 9.87. The quantitative estimate of drug-likeness (QED) is 0.711. The second-order valence-corrected chi connectivity index (χ2v) is 9.87. The zero-order chi connectivity index (χ0) is 17.5. The minimum absolute atomic E-state index is 0.0564. The lowest BCUT2D eigenvalue weighted by molar-refractivity contribution is -0.254. The van der Waals surface area contributed by atoms with E-state index in [1.807, 2.05) is 20.8 Å². The van der Waals surface area contributed by atoms with Gasteiger partial charge in [0, 0.05) is 23.7 Å². The number of aliphatic hydroxyl groups excluding tert-OH is 1. The number of rotatable bonds is 0. The molecule has 0 aromatic carbocycles. The zero-order valence-electron chi connectivity index (χ0n) is 15.1. The smallest absolute Gasteiger partial charge is 0.145 e. The predicted octanol–water partition coefficient (Wildman–Crippen LogP) is 3.41. The van der Waals surface area contributed by atoms with Crippen molar-refractivity contribution < 1.29 is 19.4 Å². The molecule has 0 aromatic heterocycles. The first kappa shape index (κ1) is 17.0. The van der Waals surface area contributed by atoms with Gasteiger partial charge in [-0.15, -0.1) is 0 Å². The van der Waals surface area contributed by atoms with Gasteiger partial charge in [-0.05, 0) is 63.2 Å². The van der Waals surface area contributed by atoms with Gasteiger partial charge in [0.15, 0.2) is 0 Å². The Kier molecular flexibility index (Phi) is 3.41. The van der Waals surface area contributed by atoms with E-state index in [4.69, 9.17) is 0 Å². The number of carbonyl (C=O) groups excluding carboxylic acids is 1. The van der Waals surface area contributed by atoms with Gasteiger partial charge in [-0.25, -0.2) is 4.39 Å². The van der Waals surface area contributed by atoms with Crippen molar-refractivity contribution in [1.82, 2.24) is 0 Å². The van der Waals surface area contributed by atoms with Gasteiger partial charge in [0.05, 0.1) is 11.7 Å². The summed E-state index contributed by atoms with van der Waals surface area (Å²) in [6.07, 6.45) is 3.89. The summed E-state index contributed by atoms with van der Waals surface area (Å²) in [6.45, 7) is 5.89. The third-order valence-corrected chi connectivity index (χ3v) is 9.12. The minimum Gasteiger partial charge on any atom is -0.390 e. The maximum absolute atomic E-state index is 16.7. The van der Waals surface area contributed by atoms with Gasteiger partial charge in [-0.3, -0.25) is 4.79 Å². The maximum Gasteiger partial charge on any atom is 0.145 e. The Labute approximate surface area is 144 Å². The number of fused-ring (bicyclic) bond motifs is 5. The lowest BCUT2D eigenvalue weighted by Crippen LogP contribution is -2.70. The molecule has 4 aliphatic rings. The van der Waals surface area contributed by atoms with Gasteiger partial charge in [0.25, 0.3) is 0 Å². The van der Waals surface area contributed by atoms with Crippen molar-refractivity contribution in [3.63, 3.8) is 0 Å². The molecule has 8 atom stereocenters. The molecule has 4 saturated carbocycles. The monoisotopic (exact) mass is 338 g/mol. The Balaban J connectivity index is 1.77. The standard InChI is InChI=1S/C20H31FO3/c1-17-8-6-13(22)10-12(17)4-5-15-14-7-9-19(3,24)18(14,2)11-16(23)20(15,17)21/h12,14-16,23-24H,4-11H2,1-3H3/t12-,14+,15+,16+,17-,18-,19-,20-/m0/s1. The highest BCUT2D eigenvalue weighted by Gasteiger charge is 2.73. The molecule has 0 saturated heterocycles. The van der Waals surface area contributed by atoms with Gasteiger partial charge in [-0.1, -0.05) is 13.8 Å². The van der Waals surface area contributed by atoms with Gasteiger partial charge in [0.2, 0.25) is 0 Å². The molecule has 0 aliphatic heterocycles. The lowest BCUT2D eigenvalue weighted by Gasteiger charge is -2.65. The summed E-state index contributed by atoms with van der Waals surface area (Å²) in [6, 6.07) is 0. The number of carbonyl (C=O) groups is 1. The zero-order valence-corrected chi connectivity index (χ0v) is 15.1. The van der Waals surface area contributed by atoms with Crippen LogP contribution in [0.1, 0.15) is 72.1 Å².